The fourth-order valence-corrected chi connectivity index (χ4v) is 2.35. The Kier molecular flexibility index (Phi) is 4.12. The maximum atomic E-state index is 5.21. The molecule has 0 atom stereocenters. The molecule has 0 radical (unpaired) electrons. The van der Waals surface area contributed by atoms with Gasteiger partial charge in [0.1, 0.15) is 10.8 Å². The number of rotatable bonds is 5. The maximum Gasteiger partial charge on any atom is 0.123 e. The molecule has 0 aliphatic carbocycles. The van der Waals surface area contributed by atoms with Gasteiger partial charge in [-0.15, -0.1) is 11.3 Å². The topological polar surface area (TPSA) is 34.1 Å². The summed E-state index contributed by atoms with van der Waals surface area (Å²) < 4.78 is 5.21. The number of aromatic nitrogens is 1. The second kappa shape index (κ2) is 5.80. The van der Waals surface area contributed by atoms with Crippen LogP contribution in [0.2, 0.25) is 0 Å². The highest BCUT2D eigenvalue weighted by atomic mass is 32.1. The summed E-state index contributed by atoms with van der Waals surface area (Å²) in [6.07, 6.45) is 0. The lowest BCUT2D eigenvalue weighted by molar-refractivity contribution is 0.415. The SMILES string of the molecule is CCNCc1csc(-c2cccc(OC)c2)n1. The van der Waals surface area contributed by atoms with E-state index in [1.165, 1.54) is 0 Å². The van der Waals surface area contributed by atoms with Crippen molar-refractivity contribution >= 4 is 11.3 Å². The number of hydrogen-bond donors (Lipinski definition) is 1. The molecule has 0 spiro atoms. The van der Waals surface area contributed by atoms with Crippen LogP contribution in [-0.4, -0.2) is 18.6 Å². The van der Waals surface area contributed by atoms with Crippen molar-refractivity contribution in [2.75, 3.05) is 13.7 Å². The van der Waals surface area contributed by atoms with E-state index in [1.807, 2.05) is 18.2 Å². The number of thiazole rings is 1. The van der Waals surface area contributed by atoms with E-state index in [2.05, 4.69) is 28.7 Å². The zero-order valence-electron chi connectivity index (χ0n) is 10.1. The molecule has 1 aromatic heterocycles. The van der Waals surface area contributed by atoms with Crippen molar-refractivity contribution in [2.24, 2.45) is 0 Å². The molecule has 3 nitrogen and oxygen atoms in total. The van der Waals surface area contributed by atoms with Crippen molar-refractivity contribution in [1.82, 2.24) is 10.3 Å². The summed E-state index contributed by atoms with van der Waals surface area (Å²) in [5.74, 6) is 0.867. The quantitative estimate of drug-likeness (QED) is 0.883. The van der Waals surface area contributed by atoms with Gasteiger partial charge in [0.25, 0.3) is 0 Å². The minimum Gasteiger partial charge on any atom is -0.497 e. The Morgan fingerprint density at radius 1 is 1.41 bits per heavy atom. The first-order chi connectivity index (χ1) is 8.33. The van der Waals surface area contributed by atoms with Crippen LogP contribution in [0.25, 0.3) is 10.6 Å². The zero-order valence-corrected chi connectivity index (χ0v) is 10.9. The number of nitrogens with one attached hydrogen (secondary N) is 1. The molecule has 0 bridgehead atoms. The van der Waals surface area contributed by atoms with E-state index in [4.69, 9.17) is 4.74 Å². The molecule has 1 aromatic carbocycles. The molecule has 0 aliphatic heterocycles. The average molecular weight is 248 g/mol. The second-order valence-electron chi connectivity index (χ2n) is 3.66. The smallest absolute Gasteiger partial charge is 0.123 e. The predicted molar refractivity (Wildman–Crippen MR) is 71.5 cm³/mol. The highest BCUT2D eigenvalue weighted by Crippen LogP contribution is 2.26. The van der Waals surface area contributed by atoms with Gasteiger partial charge in [-0.1, -0.05) is 19.1 Å². The van der Waals surface area contributed by atoms with E-state index in [0.717, 1.165) is 35.1 Å². The van der Waals surface area contributed by atoms with Crippen molar-refractivity contribution in [2.45, 2.75) is 13.5 Å². The van der Waals surface area contributed by atoms with Crippen LogP contribution in [0.15, 0.2) is 29.6 Å². The van der Waals surface area contributed by atoms with E-state index in [9.17, 15) is 0 Å². The van der Waals surface area contributed by atoms with Gasteiger partial charge < -0.3 is 10.1 Å². The van der Waals surface area contributed by atoms with E-state index >= 15 is 0 Å². The second-order valence-corrected chi connectivity index (χ2v) is 4.51. The lowest BCUT2D eigenvalue weighted by atomic mass is 10.2. The first-order valence-corrected chi connectivity index (χ1v) is 6.51. The fraction of sp³-hybridized carbons (Fsp3) is 0.308. The first kappa shape index (κ1) is 12.1. The molecule has 0 unspecified atom stereocenters. The minimum atomic E-state index is 0.830. The molecule has 90 valence electrons. The molecule has 2 rings (SSSR count). The number of hydrogen-bond acceptors (Lipinski definition) is 4. The first-order valence-electron chi connectivity index (χ1n) is 5.63. The summed E-state index contributed by atoms with van der Waals surface area (Å²) in [5, 5.41) is 6.40. The van der Waals surface area contributed by atoms with Crippen LogP contribution in [0.1, 0.15) is 12.6 Å². The Bertz CT molecular complexity index is 482. The van der Waals surface area contributed by atoms with Gasteiger partial charge >= 0.3 is 0 Å². The van der Waals surface area contributed by atoms with Gasteiger partial charge in [0.2, 0.25) is 0 Å². The van der Waals surface area contributed by atoms with Gasteiger partial charge in [-0.3, -0.25) is 0 Å². The van der Waals surface area contributed by atoms with Crippen LogP contribution in [0.5, 0.6) is 5.75 Å². The standard InChI is InChI=1S/C13H16N2OS/c1-3-14-8-11-9-17-13(15-11)10-5-4-6-12(7-10)16-2/h4-7,9,14H,3,8H2,1-2H3. The van der Waals surface area contributed by atoms with Crippen molar-refractivity contribution in [1.29, 1.82) is 0 Å². The van der Waals surface area contributed by atoms with Gasteiger partial charge in [0.15, 0.2) is 0 Å². The van der Waals surface area contributed by atoms with Gasteiger partial charge in [-0.05, 0) is 18.7 Å². The molecular weight excluding hydrogens is 232 g/mol. The Balaban J connectivity index is 2.18. The van der Waals surface area contributed by atoms with Crippen molar-refractivity contribution in [3.05, 3.63) is 35.3 Å². The number of benzene rings is 1. The van der Waals surface area contributed by atoms with E-state index in [1.54, 1.807) is 18.4 Å². The summed E-state index contributed by atoms with van der Waals surface area (Å²) in [6.45, 7) is 3.89. The van der Waals surface area contributed by atoms with Gasteiger partial charge in [-0.2, -0.15) is 0 Å². The highest BCUT2D eigenvalue weighted by Gasteiger charge is 2.05. The molecule has 4 heteroatoms. The molecule has 0 amide bonds. The third-order valence-electron chi connectivity index (χ3n) is 2.42. The fourth-order valence-electron chi connectivity index (χ4n) is 1.53. The molecule has 0 saturated carbocycles. The lowest BCUT2D eigenvalue weighted by Gasteiger charge is -2.01. The summed E-state index contributed by atoms with van der Waals surface area (Å²) in [6, 6.07) is 7.99. The maximum absolute atomic E-state index is 5.21. The van der Waals surface area contributed by atoms with E-state index < -0.39 is 0 Å². The van der Waals surface area contributed by atoms with Crippen LogP contribution >= 0.6 is 11.3 Å². The monoisotopic (exact) mass is 248 g/mol. The van der Waals surface area contributed by atoms with Crippen LogP contribution in [-0.2, 0) is 6.54 Å². The Morgan fingerprint density at radius 3 is 3.06 bits per heavy atom. The minimum absolute atomic E-state index is 0.830. The number of methoxy groups -OCH3 is 1. The summed E-state index contributed by atoms with van der Waals surface area (Å²) >= 11 is 1.67. The van der Waals surface area contributed by atoms with Crippen molar-refractivity contribution in [3.63, 3.8) is 0 Å². The van der Waals surface area contributed by atoms with Crippen molar-refractivity contribution < 1.29 is 4.74 Å². The molecule has 2 aromatic rings. The largest absolute Gasteiger partial charge is 0.497 e. The third-order valence-corrected chi connectivity index (χ3v) is 3.36. The van der Waals surface area contributed by atoms with E-state index in [0.29, 0.717) is 0 Å². The Labute approximate surface area is 105 Å². The van der Waals surface area contributed by atoms with Crippen LogP contribution in [0.4, 0.5) is 0 Å². The summed E-state index contributed by atoms with van der Waals surface area (Å²) in [7, 11) is 1.68. The average Bonchev–Trinajstić information content (AvgIpc) is 2.85. The molecule has 0 fully saturated rings. The highest BCUT2D eigenvalue weighted by molar-refractivity contribution is 7.13. The predicted octanol–water partition coefficient (Wildman–Crippen LogP) is 2.93. The molecule has 0 saturated heterocycles. The molecule has 1 N–H and O–H groups in total. The molecular formula is C13H16N2OS. The van der Waals surface area contributed by atoms with Crippen molar-refractivity contribution in [3.8, 4) is 16.3 Å². The van der Waals surface area contributed by atoms with E-state index in [-0.39, 0.29) is 0 Å². The van der Waals surface area contributed by atoms with Gasteiger partial charge in [0, 0.05) is 17.5 Å². The number of ether oxygens (including phenoxy) is 1. The third kappa shape index (κ3) is 3.05. The Morgan fingerprint density at radius 2 is 2.29 bits per heavy atom. The zero-order chi connectivity index (χ0) is 12.1. The lowest BCUT2D eigenvalue weighted by Crippen LogP contribution is -2.11. The molecule has 0 aliphatic rings. The van der Waals surface area contributed by atoms with Gasteiger partial charge in [-0.25, -0.2) is 4.98 Å². The Hall–Kier alpha value is -1.39. The van der Waals surface area contributed by atoms with Gasteiger partial charge in [0.05, 0.1) is 12.8 Å². The van der Waals surface area contributed by atoms with Crippen LogP contribution in [0, 0.1) is 0 Å². The summed E-state index contributed by atoms with van der Waals surface area (Å²) in [5.41, 5.74) is 2.20. The molecule has 17 heavy (non-hydrogen) atoms. The van der Waals surface area contributed by atoms with Crippen LogP contribution in [0.3, 0.4) is 0 Å². The summed E-state index contributed by atoms with van der Waals surface area (Å²) in [4.78, 5) is 4.59. The normalized spacial score (nSPS) is 10.5. The number of nitrogens with zero attached hydrogens (tertiary/aromatic N) is 1. The molecule has 1 heterocycles. The van der Waals surface area contributed by atoms with Crippen LogP contribution < -0.4 is 10.1 Å².